The molecule has 1 atom stereocenters. The summed E-state index contributed by atoms with van der Waals surface area (Å²) in [7, 11) is 1.64. The molecule has 1 aromatic rings. The van der Waals surface area contributed by atoms with Gasteiger partial charge in [-0.25, -0.2) is 0 Å². The van der Waals surface area contributed by atoms with Gasteiger partial charge in [-0.2, -0.15) is 0 Å². The Bertz CT molecular complexity index is 407. The van der Waals surface area contributed by atoms with Gasteiger partial charge in [0.05, 0.1) is 12.7 Å². The van der Waals surface area contributed by atoms with E-state index < -0.39 is 5.60 Å². The first-order valence-corrected chi connectivity index (χ1v) is 8.28. The fourth-order valence-corrected chi connectivity index (χ4v) is 2.35. The number of ether oxygens (including phenoxy) is 2. The van der Waals surface area contributed by atoms with Gasteiger partial charge in [0.25, 0.3) is 0 Å². The molecule has 0 amide bonds. The standard InChI is InChI=1S/C18H31NO3/c1-4-5-6-9-12-18(2,20)15-19-13-14-22-17-11-8-7-10-16(17)21-3/h7-8,10-11,19-20H,4-6,9,12-15H2,1-3H3/t18-/m1/s1. The highest BCUT2D eigenvalue weighted by Gasteiger charge is 2.18. The zero-order valence-corrected chi connectivity index (χ0v) is 14.2. The van der Waals surface area contributed by atoms with E-state index in [0.717, 1.165) is 24.3 Å². The second kappa shape index (κ2) is 10.5. The maximum Gasteiger partial charge on any atom is 0.161 e. The second-order valence-electron chi connectivity index (χ2n) is 5.98. The topological polar surface area (TPSA) is 50.7 Å². The van der Waals surface area contributed by atoms with Gasteiger partial charge in [0, 0.05) is 13.1 Å². The minimum Gasteiger partial charge on any atom is -0.493 e. The summed E-state index contributed by atoms with van der Waals surface area (Å²) in [5.74, 6) is 1.49. The van der Waals surface area contributed by atoms with Gasteiger partial charge >= 0.3 is 0 Å². The summed E-state index contributed by atoms with van der Waals surface area (Å²) in [5.41, 5.74) is -0.641. The van der Waals surface area contributed by atoms with Crippen molar-refractivity contribution in [3.63, 3.8) is 0 Å². The van der Waals surface area contributed by atoms with Crippen molar-refractivity contribution in [3.8, 4) is 11.5 Å². The molecular weight excluding hydrogens is 278 g/mol. The summed E-state index contributed by atoms with van der Waals surface area (Å²) in [6, 6.07) is 7.61. The number of aliphatic hydroxyl groups is 1. The van der Waals surface area contributed by atoms with Crippen molar-refractivity contribution in [1.82, 2.24) is 5.32 Å². The molecule has 0 aliphatic carbocycles. The predicted octanol–water partition coefficient (Wildman–Crippen LogP) is 3.39. The number of hydrogen-bond donors (Lipinski definition) is 2. The van der Waals surface area contributed by atoms with E-state index >= 15 is 0 Å². The maximum absolute atomic E-state index is 10.3. The molecule has 0 unspecified atom stereocenters. The van der Waals surface area contributed by atoms with Crippen molar-refractivity contribution in [2.24, 2.45) is 0 Å². The van der Waals surface area contributed by atoms with Gasteiger partial charge in [-0.05, 0) is 25.5 Å². The molecule has 0 aromatic heterocycles. The minimum absolute atomic E-state index is 0.548. The molecule has 1 aromatic carbocycles. The van der Waals surface area contributed by atoms with Gasteiger partial charge in [-0.3, -0.25) is 0 Å². The molecule has 1 rings (SSSR count). The van der Waals surface area contributed by atoms with Crippen LogP contribution >= 0.6 is 0 Å². The van der Waals surface area contributed by atoms with E-state index in [4.69, 9.17) is 9.47 Å². The first-order chi connectivity index (χ1) is 10.6. The van der Waals surface area contributed by atoms with Crippen LogP contribution in [0.25, 0.3) is 0 Å². The Labute approximate surface area is 134 Å². The summed E-state index contributed by atoms with van der Waals surface area (Å²) >= 11 is 0. The lowest BCUT2D eigenvalue weighted by molar-refractivity contribution is 0.0474. The van der Waals surface area contributed by atoms with Crippen LogP contribution in [0.4, 0.5) is 0 Å². The van der Waals surface area contributed by atoms with E-state index in [1.54, 1.807) is 7.11 Å². The van der Waals surface area contributed by atoms with Gasteiger partial charge < -0.3 is 19.9 Å². The Morgan fingerprint density at radius 1 is 1.14 bits per heavy atom. The lowest BCUT2D eigenvalue weighted by Crippen LogP contribution is -2.39. The normalized spacial score (nSPS) is 13.6. The Kier molecular flexibility index (Phi) is 8.94. The fourth-order valence-electron chi connectivity index (χ4n) is 2.35. The summed E-state index contributed by atoms with van der Waals surface area (Å²) in [6.45, 7) is 5.93. The monoisotopic (exact) mass is 309 g/mol. The Hall–Kier alpha value is -1.26. The summed E-state index contributed by atoms with van der Waals surface area (Å²) in [6.07, 6.45) is 5.59. The van der Waals surface area contributed by atoms with Crippen LogP contribution in [0.2, 0.25) is 0 Å². The van der Waals surface area contributed by atoms with Gasteiger partial charge in [-0.15, -0.1) is 0 Å². The van der Waals surface area contributed by atoms with E-state index in [1.165, 1.54) is 19.3 Å². The van der Waals surface area contributed by atoms with Crippen LogP contribution in [0.5, 0.6) is 11.5 Å². The molecule has 4 nitrogen and oxygen atoms in total. The Morgan fingerprint density at radius 2 is 1.86 bits per heavy atom. The molecule has 0 saturated heterocycles. The first-order valence-electron chi connectivity index (χ1n) is 8.28. The quantitative estimate of drug-likeness (QED) is 0.581. The van der Waals surface area contributed by atoms with E-state index in [9.17, 15) is 5.11 Å². The summed E-state index contributed by atoms with van der Waals surface area (Å²) in [5, 5.41) is 13.5. The molecule has 0 spiro atoms. The molecule has 0 saturated carbocycles. The SMILES string of the molecule is CCCCCC[C@@](C)(O)CNCCOc1ccccc1OC. The molecule has 2 N–H and O–H groups in total. The Morgan fingerprint density at radius 3 is 2.55 bits per heavy atom. The van der Waals surface area contributed by atoms with Crippen LogP contribution in [0.3, 0.4) is 0 Å². The molecule has 0 fully saturated rings. The lowest BCUT2D eigenvalue weighted by atomic mass is 9.98. The fraction of sp³-hybridized carbons (Fsp3) is 0.667. The molecule has 4 heteroatoms. The lowest BCUT2D eigenvalue weighted by Gasteiger charge is -2.23. The van der Waals surface area contributed by atoms with Crippen LogP contribution in [0, 0.1) is 0 Å². The number of rotatable bonds is 12. The number of benzene rings is 1. The van der Waals surface area contributed by atoms with Crippen molar-refractivity contribution in [2.75, 3.05) is 26.8 Å². The molecule has 0 aliphatic rings. The molecular formula is C18H31NO3. The average molecular weight is 309 g/mol. The zero-order chi connectivity index (χ0) is 16.3. The van der Waals surface area contributed by atoms with Crippen molar-refractivity contribution >= 4 is 0 Å². The summed E-state index contributed by atoms with van der Waals surface area (Å²) in [4.78, 5) is 0. The Balaban J connectivity index is 2.16. The van der Waals surface area contributed by atoms with Gasteiger partial charge in [0.15, 0.2) is 11.5 Å². The molecule has 0 heterocycles. The van der Waals surface area contributed by atoms with Gasteiger partial charge in [0.1, 0.15) is 6.61 Å². The largest absolute Gasteiger partial charge is 0.493 e. The molecule has 0 bridgehead atoms. The van der Waals surface area contributed by atoms with E-state index in [-0.39, 0.29) is 0 Å². The number of methoxy groups -OCH3 is 1. The first kappa shape index (κ1) is 18.8. The highest BCUT2D eigenvalue weighted by atomic mass is 16.5. The number of unbranched alkanes of at least 4 members (excludes halogenated alkanes) is 3. The van der Waals surface area contributed by atoms with Crippen LogP contribution in [0.1, 0.15) is 46.0 Å². The molecule has 0 aliphatic heterocycles. The van der Waals surface area contributed by atoms with Gasteiger partial charge in [-0.1, -0.05) is 44.7 Å². The maximum atomic E-state index is 10.3. The summed E-state index contributed by atoms with van der Waals surface area (Å²) < 4.78 is 10.9. The van der Waals surface area contributed by atoms with E-state index in [1.807, 2.05) is 31.2 Å². The van der Waals surface area contributed by atoms with Crippen LogP contribution in [-0.4, -0.2) is 37.5 Å². The third kappa shape index (κ3) is 7.66. The highest BCUT2D eigenvalue weighted by molar-refractivity contribution is 5.39. The van der Waals surface area contributed by atoms with Gasteiger partial charge in [0.2, 0.25) is 0 Å². The molecule has 0 radical (unpaired) electrons. The van der Waals surface area contributed by atoms with Crippen molar-refractivity contribution in [1.29, 1.82) is 0 Å². The second-order valence-corrected chi connectivity index (χ2v) is 5.98. The number of para-hydroxylation sites is 2. The van der Waals surface area contributed by atoms with Crippen molar-refractivity contribution in [3.05, 3.63) is 24.3 Å². The van der Waals surface area contributed by atoms with E-state index in [2.05, 4.69) is 12.2 Å². The van der Waals surface area contributed by atoms with E-state index in [0.29, 0.717) is 19.7 Å². The zero-order valence-electron chi connectivity index (χ0n) is 14.2. The highest BCUT2D eigenvalue weighted by Crippen LogP contribution is 2.25. The number of nitrogens with one attached hydrogen (secondary N) is 1. The van der Waals surface area contributed by atoms with Crippen LogP contribution < -0.4 is 14.8 Å². The third-order valence-electron chi connectivity index (χ3n) is 3.68. The molecule has 22 heavy (non-hydrogen) atoms. The smallest absolute Gasteiger partial charge is 0.161 e. The van der Waals surface area contributed by atoms with Crippen molar-refractivity contribution < 1.29 is 14.6 Å². The molecule has 126 valence electrons. The predicted molar refractivity (Wildman–Crippen MR) is 90.7 cm³/mol. The van der Waals surface area contributed by atoms with Crippen LogP contribution in [-0.2, 0) is 0 Å². The van der Waals surface area contributed by atoms with Crippen molar-refractivity contribution in [2.45, 2.75) is 51.6 Å². The van der Waals surface area contributed by atoms with Crippen LogP contribution in [0.15, 0.2) is 24.3 Å². The minimum atomic E-state index is -0.641. The number of hydrogen-bond acceptors (Lipinski definition) is 4. The third-order valence-corrected chi connectivity index (χ3v) is 3.68. The average Bonchev–Trinajstić information content (AvgIpc) is 2.51.